The normalized spacial score (nSPS) is 14.6. The van der Waals surface area contributed by atoms with E-state index in [4.69, 9.17) is 9.47 Å². The minimum absolute atomic E-state index is 0.0960. The number of hydrogen-bond acceptors (Lipinski definition) is 5. The number of anilines is 1. The topological polar surface area (TPSA) is 90.7 Å². The van der Waals surface area contributed by atoms with Crippen molar-refractivity contribution in [3.63, 3.8) is 0 Å². The van der Waals surface area contributed by atoms with Gasteiger partial charge in [-0.15, -0.1) is 0 Å². The number of benzene rings is 2. The third kappa shape index (κ3) is 6.20. The van der Waals surface area contributed by atoms with E-state index in [2.05, 4.69) is 5.32 Å². The number of nitrogens with one attached hydrogen (secondary N) is 1. The Morgan fingerprint density at radius 2 is 1.75 bits per heavy atom. The molecule has 0 heterocycles. The van der Waals surface area contributed by atoms with Crippen molar-refractivity contribution in [2.24, 2.45) is 5.92 Å². The van der Waals surface area contributed by atoms with Crippen molar-refractivity contribution in [1.29, 1.82) is 0 Å². The number of hydrogen-bond donors (Lipinski definition) is 1. The molecule has 32 heavy (non-hydrogen) atoms. The van der Waals surface area contributed by atoms with Gasteiger partial charge in [0.05, 0.1) is 19.1 Å². The van der Waals surface area contributed by atoms with Gasteiger partial charge in [0.25, 0.3) is 0 Å². The molecule has 0 aliphatic heterocycles. The average Bonchev–Trinajstić information content (AvgIpc) is 2.82. The van der Waals surface area contributed by atoms with Crippen molar-refractivity contribution in [3.8, 4) is 11.5 Å². The molecule has 1 N–H and O–H groups in total. The lowest BCUT2D eigenvalue weighted by Crippen LogP contribution is -2.24. The van der Waals surface area contributed by atoms with Gasteiger partial charge in [-0.25, -0.2) is 0 Å². The van der Waals surface area contributed by atoms with Crippen LogP contribution in [0.3, 0.4) is 0 Å². The van der Waals surface area contributed by atoms with Crippen LogP contribution >= 0.6 is 0 Å². The molecular formula is C25H28N2O5. The molecule has 0 atom stereocenters. The summed E-state index contributed by atoms with van der Waals surface area (Å²) in [5, 5.41) is 13.8. The Morgan fingerprint density at radius 3 is 2.38 bits per heavy atom. The number of carbonyl (C=O) groups excluding carboxylic acids is 1. The number of nitro groups is 1. The van der Waals surface area contributed by atoms with Gasteiger partial charge in [-0.1, -0.05) is 43.5 Å². The van der Waals surface area contributed by atoms with E-state index in [0.717, 1.165) is 43.1 Å². The van der Waals surface area contributed by atoms with Gasteiger partial charge in [0.15, 0.2) is 0 Å². The second kappa shape index (κ2) is 11.1. The monoisotopic (exact) mass is 436 g/mol. The molecule has 1 aliphatic carbocycles. The van der Waals surface area contributed by atoms with Crippen LogP contribution in [0, 0.1) is 16.0 Å². The molecule has 7 heteroatoms. The third-order valence-electron chi connectivity index (χ3n) is 5.58. The van der Waals surface area contributed by atoms with Crippen LogP contribution in [-0.4, -0.2) is 25.1 Å². The summed E-state index contributed by atoms with van der Waals surface area (Å²) in [6.45, 7) is 0. The van der Waals surface area contributed by atoms with Gasteiger partial charge in [-0.2, -0.15) is 0 Å². The fourth-order valence-corrected chi connectivity index (χ4v) is 3.83. The number of amides is 1. The quantitative estimate of drug-likeness (QED) is 0.328. The number of methoxy groups -OCH3 is 2. The van der Waals surface area contributed by atoms with Crippen LogP contribution in [0.5, 0.6) is 11.5 Å². The van der Waals surface area contributed by atoms with Crippen molar-refractivity contribution < 1.29 is 19.2 Å². The maximum Gasteiger partial charge on any atom is 0.235 e. The summed E-state index contributed by atoms with van der Waals surface area (Å²) >= 11 is 0. The Morgan fingerprint density at radius 1 is 1.03 bits per heavy atom. The van der Waals surface area contributed by atoms with E-state index in [0.29, 0.717) is 22.6 Å². The van der Waals surface area contributed by atoms with Crippen LogP contribution in [-0.2, 0) is 4.79 Å². The highest BCUT2D eigenvalue weighted by Crippen LogP contribution is 2.31. The lowest BCUT2D eigenvalue weighted by atomic mass is 9.88. The smallest absolute Gasteiger partial charge is 0.235 e. The molecule has 2 aromatic carbocycles. The summed E-state index contributed by atoms with van der Waals surface area (Å²) < 4.78 is 10.7. The van der Waals surface area contributed by atoms with Crippen molar-refractivity contribution >= 4 is 29.8 Å². The SMILES string of the molecule is COc1cc(/C=C/c2ccc(NC(=O)C3CCCCC3)cc2)c(/C=C/[N+](=O)[O-])c(OC)c1. The van der Waals surface area contributed by atoms with Crippen molar-refractivity contribution in [1.82, 2.24) is 0 Å². The van der Waals surface area contributed by atoms with Gasteiger partial charge in [0, 0.05) is 29.3 Å². The fraction of sp³-hybridized carbons (Fsp3) is 0.320. The van der Waals surface area contributed by atoms with E-state index in [1.807, 2.05) is 36.4 Å². The molecule has 0 spiro atoms. The number of nitrogens with zero attached hydrogens (tertiary/aromatic N) is 1. The van der Waals surface area contributed by atoms with E-state index in [1.165, 1.54) is 19.6 Å². The minimum Gasteiger partial charge on any atom is -0.497 e. The summed E-state index contributed by atoms with van der Waals surface area (Å²) in [7, 11) is 3.06. The predicted octanol–water partition coefficient (Wildman–Crippen LogP) is 5.64. The Labute approximate surface area is 187 Å². The lowest BCUT2D eigenvalue weighted by molar-refractivity contribution is -0.400. The Bertz CT molecular complexity index is 1010. The zero-order chi connectivity index (χ0) is 22.9. The molecule has 1 fully saturated rings. The van der Waals surface area contributed by atoms with Gasteiger partial charge in [0.2, 0.25) is 12.1 Å². The zero-order valence-electron chi connectivity index (χ0n) is 18.4. The average molecular weight is 437 g/mol. The highest BCUT2D eigenvalue weighted by molar-refractivity contribution is 5.92. The van der Waals surface area contributed by atoms with Crippen LogP contribution in [0.1, 0.15) is 48.8 Å². The summed E-state index contributed by atoms with van der Waals surface area (Å²) in [5.41, 5.74) is 2.99. The van der Waals surface area contributed by atoms with Crippen LogP contribution in [0.15, 0.2) is 42.6 Å². The van der Waals surface area contributed by atoms with E-state index in [-0.39, 0.29) is 11.8 Å². The standard InChI is InChI=1S/C25H28N2O5/c1-31-22-16-20(23(14-15-27(29)30)24(17-22)32-2)11-8-18-9-12-21(13-10-18)26-25(28)19-6-4-3-5-7-19/h8-17,19H,3-7H2,1-2H3,(H,26,28)/b11-8+,15-14+. The molecule has 0 radical (unpaired) electrons. The first-order valence-electron chi connectivity index (χ1n) is 10.7. The second-order valence-corrected chi connectivity index (χ2v) is 7.71. The minimum atomic E-state index is -0.516. The Balaban J connectivity index is 1.77. The number of carbonyl (C=O) groups is 1. The van der Waals surface area contributed by atoms with Crippen molar-refractivity contribution in [2.75, 3.05) is 19.5 Å². The summed E-state index contributed by atoms with van der Waals surface area (Å²) in [6.07, 6.45) is 11.4. The molecular weight excluding hydrogens is 408 g/mol. The highest BCUT2D eigenvalue weighted by atomic mass is 16.6. The molecule has 0 unspecified atom stereocenters. The molecule has 0 aromatic heterocycles. The van der Waals surface area contributed by atoms with E-state index in [9.17, 15) is 14.9 Å². The van der Waals surface area contributed by atoms with Gasteiger partial charge >= 0.3 is 0 Å². The highest BCUT2D eigenvalue weighted by Gasteiger charge is 2.20. The van der Waals surface area contributed by atoms with E-state index in [1.54, 1.807) is 19.2 Å². The fourth-order valence-electron chi connectivity index (χ4n) is 3.83. The summed E-state index contributed by atoms with van der Waals surface area (Å²) in [4.78, 5) is 22.7. The van der Waals surface area contributed by atoms with Gasteiger partial charge < -0.3 is 14.8 Å². The van der Waals surface area contributed by atoms with Gasteiger partial charge in [-0.05, 0) is 42.2 Å². The second-order valence-electron chi connectivity index (χ2n) is 7.71. The molecule has 0 bridgehead atoms. The Kier molecular flexibility index (Phi) is 8.02. The van der Waals surface area contributed by atoms with Crippen LogP contribution in [0.2, 0.25) is 0 Å². The lowest BCUT2D eigenvalue weighted by Gasteiger charge is -2.20. The van der Waals surface area contributed by atoms with Crippen LogP contribution < -0.4 is 14.8 Å². The van der Waals surface area contributed by atoms with Crippen LogP contribution in [0.25, 0.3) is 18.2 Å². The maximum atomic E-state index is 12.4. The van der Waals surface area contributed by atoms with Gasteiger partial charge in [-0.3, -0.25) is 14.9 Å². The molecule has 0 saturated heterocycles. The third-order valence-corrected chi connectivity index (χ3v) is 5.58. The summed E-state index contributed by atoms with van der Waals surface area (Å²) in [5.74, 6) is 1.26. The molecule has 7 nitrogen and oxygen atoms in total. The first-order valence-corrected chi connectivity index (χ1v) is 10.7. The molecule has 1 amide bonds. The van der Waals surface area contributed by atoms with Gasteiger partial charge in [0.1, 0.15) is 11.5 Å². The van der Waals surface area contributed by atoms with E-state index < -0.39 is 4.92 Å². The molecule has 1 aliphatic rings. The van der Waals surface area contributed by atoms with Crippen molar-refractivity contribution in [2.45, 2.75) is 32.1 Å². The number of ether oxygens (including phenoxy) is 2. The number of rotatable bonds is 8. The summed E-state index contributed by atoms with van der Waals surface area (Å²) in [6, 6.07) is 11.0. The molecule has 1 saturated carbocycles. The predicted molar refractivity (Wildman–Crippen MR) is 126 cm³/mol. The molecule has 2 aromatic rings. The largest absolute Gasteiger partial charge is 0.497 e. The van der Waals surface area contributed by atoms with Crippen molar-refractivity contribution in [3.05, 3.63) is 69.4 Å². The first kappa shape index (κ1) is 23.1. The Hall–Kier alpha value is -3.61. The maximum absolute atomic E-state index is 12.4. The molecule has 3 rings (SSSR count). The molecule has 168 valence electrons. The van der Waals surface area contributed by atoms with Crippen LogP contribution in [0.4, 0.5) is 5.69 Å². The zero-order valence-corrected chi connectivity index (χ0v) is 18.4. The van der Waals surface area contributed by atoms with E-state index >= 15 is 0 Å². The first-order chi connectivity index (χ1) is 15.5.